The van der Waals surface area contributed by atoms with Gasteiger partial charge >= 0.3 is 0 Å². The molecule has 1 fully saturated rings. The Bertz CT molecular complexity index is 740. The molecule has 6 nitrogen and oxygen atoms in total. The number of guanidine groups is 1. The third-order valence-corrected chi connectivity index (χ3v) is 4.04. The van der Waals surface area contributed by atoms with Crippen LogP contribution in [0.15, 0.2) is 47.6 Å². The van der Waals surface area contributed by atoms with Crippen molar-refractivity contribution < 1.29 is 14.2 Å². The molecule has 0 amide bonds. The summed E-state index contributed by atoms with van der Waals surface area (Å²) >= 11 is 0. The summed E-state index contributed by atoms with van der Waals surface area (Å²) in [6, 6.07) is 9.47. The standard InChI is InChI=1S/C19H23FN4O2.HI/c1-2-21-19(24-10-9-16(25)13-24)23-12-14-3-8-18(22-11-14)26-17-6-4-15(20)5-7-17;/h3-8,11,16,25H,2,9-10,12-13H2,1H3,(H,21,23);1H/t16-;/m1./s1. The smallest absolute Gasteiger partial charge is 0.219 e. The molecule has 2 heterocycles. The van der Waals surface area contributed by atoms with Gasteiger partial charge in [0.05, 0.1) is 12.6 Å². The minimum Gasteiger partial charge on any atom is -0.439 e. The zero-order chi connectivity index (χ0) is 18.4. The molecule has 0 unspecified atom stereocenters. The van der Waals surface area contributed by atoms with Crippen molar-refractivity contribution in [3.63, 3.8) is 0 Å². The first-order valence-corrected chi connectivity index (χ1v) is 8.73. The summed E-state index contributed by atoms with van der Waals surface area (Å²) in [5.74, 6) is 1.47. The number of ether oxygens (including phenoxy) is 1. The molecule has 1 aliphatic heterocycles. The lowest BCUT2D eigenvalue weighted by molar-refractivity contribution is 0.188. The van der Waals surface area contributed by atoms with Gasteiger partial charge in [-0.15, -0.1) is 24.0 Å². The number of pyridine rings is 1. The summed E-state index contributed by atoms with van der Waals surface area (Å²) in [4.78, 5) is 11.0. The summed E-state index contributed by atoms with van der Waals surface area (Å²) in [5.41, 5.74) is 0.951. The van der Waals surface area contributed by atoms with Crippen LogP contribution in [0.2, 0.25) is 0 Å². The van der Waals surface area contributed by atoms with Gasteiger partial charge < -0.3 is 20.1 Å². The van der Waals surface area contributed by atoms with E-state index < -0.39 is 0 Å². The Morgan fingerprint density at radius 2 is 2.11 bits per heavy atom. The quantitative estimate of drug-likeness (QED) is 0.386. The van der Waals surface area contributed by atoms with E-state index >= 15 is 0 Å². The molecule has 3 rings (SSSR count). The molecule has 2 aromatic rings. The van der Waals surface area contributed by atoms with Crippen LogP contribution in [0, 0.1) is 5.82 Å². The second-order valence-electron chi connectivity index (χ2n) is 6.12. The van der Waals surface area contributed by atoms with Crippen molar-refractivity contribution in [2.75, 3.05) is 19.6 Å². The number of hydrogen-bond acceptors (Lipinski definition) is 4. The number of aromatic nitrogens is 1. The van der Waals surface area contributed by atoms with Crippen molar-refractivity contribution in [1.82, 2.24) is 15.2 Å². The highest BCUT2D eigenvalue weighted by molar-refractivity contribution is 14.0. The Hall–Kier alpha value is -1.94. The molecule has 0 spiro atoms. The van der Waals surface area contributed by atoms with E-state index in [0.717, 1.165) is 31.0 Å². The normalized spacial score (nSPS) is 16.8. The van der Waals surface area contributed by atoms with Crippen LogP contribution in [0.5, 0.6) is 11.6 Å². The highest BCUT2D eigenvalue weighted by Crippen LogP contribution is 2.19. The number of nitrogens with one attached hydrogen (secondary N) is 1. The average Bonchev–Trinajstić information content (AvgIpc) is 3.08. The molecule has 1 atom stereocenters. The van der Waals surface area contributed by atoms with Crippen LogP contribution < -0.4 is 10.1 Å². The van der Waals surface area contributed by atoms with Gasteiger partial charge in [-0.2, -0.15) is 0 Å². The van der Waals surface area contributed by atoms with Crippen molar-refractivity contribution in [2.24, 2.45) is 4.99 Å². The number of nitrogens with zero attached hydrogens (tertiary/aromatic N) is 3. The van der Waals surface area contributed by atoms with Crippen LogP contribution in [-0.2, 0) is 6.54 Å². The molecule has 27 heavy (non-hydrogen) atoms. The third-order valence-electron chi connectivity index (χ3n) is 4.04. The van der Waals surface area contributed by atoms with E-state index in [1.54, 1.807) is 24.4 Å². The van der Waals surface area contributed by atoms with E-state index in [4.69, 9.17) is 4.74 Å². The maximum absolute atomic E-state index is 12.9. The summed E-state index contributed by atoms with van der Waals surface area (Å²) in [5, 5.41) is 13.0. The fourth-order valence-corrected chi connectivity index (χ4v) is 2.71. The lowest BCUT2D eigenvalue weighted by atomic mass is 10.3. The SMILES string of the molecule is CCNC(=NCc1ccc(Oc2ccc(F)cc2)nc1)N1CC[C@@H](O)C1.I. The zero-order valence-electron chi connectivity index (χ0n) is 15.1. The van der Waals surface area contributed by atoms with Crippen molar-refractivity contribution in [3.05, 3.63) is 54.0 Å². The highest BCUT2D eigenvalue weighted by atomic mass is 127. The van der Waals surface area contributed by atoms with Gasteiger partial charge in [-0.1, -0.05) is 6.07 Å². The van der Waals surface area contributed by atoms with E-state index in [-0.39, 0.29) is 35.9 Å². The topological polar surface area (TPSA) is 70.0 Å². The lowest BCUT2D eigenvalue weighted by Gasteiger charge is -2.20. The summed E-state index contributed by atoms with van der Waals surface area (Å²) in [7, 11) is 0. The van der Waals surface area contributed by atoms with E-state index in [1.807, 2.05) is 13.0 Å². The molecule has 1 aromatic heterocycles. The van der Waals surface area contributed by atoms with Crippen molar-refractivity contribution in [1.29, 1.82) is 0 Å². The summed E-state index contributed by atoms with van der Waals surface area (Å²) in [6.07, 6.45) is 2.19. The van der Waals surface area contributed by atoms with Gasteiger partial charge in [-0.3, -0.25) is 0 Å². The molecule has 0 aliphatic carbocycles. The molecule has 2 N–H and O–H groups in total. The monoisotopic (exact) mass is 486 g/mol. The molecule has 0 radical (unpaired) electrons. The number of hydrogen-bond donors (Lipinski definition) is 2. The zero-order valence-corrected chi connectivity index (χ0v) is 17.5. The number of β-amino-alcohol motifs (C(OH)–C–C–N with tert-alkyl or cyclic N) is 1. The van der Waals surface area contributed by atoms with Crippen LogP contribution in [0.1, 0.15) is 18.9 Å². The Morgan fingerprint density at radius 3 is 2.70 bits per heavy atom. The Morgan fingerprint density at radius 1 is 1.33 bits per heavy atom. The van der Waals surface area contributed by atoms with E-state index in [0.29, 0.717) is 24.7 Å². The molecule has 1 saturated heterocycles. The van der Waals surface area contributed by atoms with Gasteiger partial charge in [0.25, 0.3) is 0 Å². The molecular weight excluding hydrogens is 462 g/mol. The van der Waals surface area contributed by atoms with Crippen LogP contribution in [-0.4, -0.2) is 46.7 Å². The molecule has 146 valence electrons. The molecule has 1 aromatic carbocycles. The number of halogens is 2. The van der Waals surface area contributed by atoms with Crippen LogP contribution in [0.3, 0.4) is 0 Å². The predicted molar refractivity (Wildman–Crippen MR) is 113 cm³/mol. The van der Waals surface area contributed by atoms with E-state index in [1.165, 1.54) is 12.1 Å². The maximum Gasteiger partial charge on any atom is 0.219 e. The number of aliphatic hydroxyl groups is 1. The second kappa shape index (κ2) is 10.4. The van der Waals surface area contributed by atoms with Crippen molar-refractivity contribution in [2.45, 2.75) is 26.0 Å². The fourth-order valence-electron chi connectivity index (χ4n) is 2.71. The van der Waals surface area contributed by atoms with Crippen LogP contribution in [0.4, 0.5) is 4.39 Å². The minimum absolute atomic E-state index is 0. The minimum atomic E-state index is -0.305. The largest absolute Gasteiger partial charge is 0.439 e. The Labute approximate surface area is 175 Å². The molecule has 0 saturated carbocycles. The first-order chi connectivity index (χ1) is 12.6. The first kappa shape index (κ1) is 21.4. The van der Waals surface area contributed by atoms with Crippen LogP contribution >= 0.6 is 24.0 Å². The van der Waals surface area contributed by atoms with Crippen molar-refractivity contribution >= 4 is 29.9 Å². The number of aliphatic hydroxyl groups excluding tert-OH is 1. The van der Waals surface area contributed by atoms with Gasteiger partial charge in [-0.25, -0.2) is 14.4 Å². The third kappa shape index (κ3) is 6.31. The van der Waals surface area contributed by atoms with E-state index in [9.17, 15) is 9.50 Å². The maximum atomic E-state index is 12.9. The van der Waals surface area contributed by atoms with Gasteiger partial charge in [0.15, 0.2) is 5.96 Å². The Kier molecular flexibility index (Phi) is 8.23. The number of benzene rings is 1. The summed E-state index contributed by atoms with van der Waals surface area (Å²) < 4.78 is 18.5. The molecular formula is C19H24FIN4O2. The highest BCUT2D eigenvalue weighted by Gasteiger charge is 2.22. The summed E-state index contributed by atoms with van der Waals surface area (Å²) in [6.45, 7) is 4.68. The number of likely N-dealkylation sites (tertiary alicyclic amines) is 1. The van der Waals surface area contributed by atoms with Crippen molar-refractivity contribution in [3.8, 4) is 11.6 Å². The molecule has 1 aliphatic rings. The number of aliphatic imine (C=N–C) groups is 1. The van der Waals surface area contributed by atoms with Gasteiger partial charge in [-0.05, 0) is 43.2 Å². The lowest BCUT2D eigenvalue weighted by Crippen LogP contribution is -2.40. The number of rotatable bonds is 5. The molecule has 8 heteroatoms. The van der Waals surface area contributed by atoms with E-state index in [2.05, 4.69) is 20.2 Å². The second-order valence-corrected chi connectivity index (χ2v) is 6.12. The van der Waals surface area contributed by atoms with Gasteiger partial charge in [0, 0.05) is 31.9 Å². The predicted octanol–water partition coefficient (Wildman–Crippen LogP) is 3.16. The fraction of sp³-hybridized carbons (Fsp3) is 0.368. The first-order valence-electron chi connectivity index (χ1n) is 8.73. The van der Waals surface area contributed by atoms with Gasteiger partial charge in [0.2, 0.25) is 5.88 Å². The Balaban J connectivity index is 0.00000261. The molecule has 0 bridgehead atoms. The van der Waals surface area contributed by atoms with Gasteiger partial charge in [0.1, 0.15) is 11.6 Å². The van der Waals surface area contributed by atoms with Crippen LogP contribution in [0.25, 0.3) is 0 Å². The average molecular weight is 486 g/mol.